The molecule has 128 valence electrons. The van der Waals surface area contributed by atoms with Crippen molar-refractivity contribution in [2.45, 2.75) is 25.7 Å². The second-order valence-electron chi connectivity index (χ2n) is 5.48. The molecule has 0 aliphatic carbocycles. The van der Waals surface area contributed by atoms with Gasteiger partial charge in [0.25, 0.3) is 5.91 Å². The Labute approximate surface area is 156 Å². The Morgan fingerprint density at radius 1 is 1.21 bits per heavy atom. The number of thioether (sulfide) groups is 1. The molecule has 2 rings (SSSR count). The first kappa shape index (κ1) is 18.9. The van der Waals surface area contributed by atoms with E-state index in [0.29, 0.717) is 12.3 Å². The lowest BCUT2D eigenvalue weighted by molar-refractivity contribution is -0.127. The summed E-state index contributed by atoms with van der Waals surface area (Å²) in [4.78, 5) is 12.0. The fourth-order valence-corrected chi connectivity index (χ4v) is 3.31. The van der Waals surface area contributed by atoms with E-state index in [-0.39, 0.29) is 5.91 Å². The summed E-state index contributed by atoms with van der Waals surface area (Å²) in [6, 6.07) is 15.8. The van der Waals surface area contributed by atoms with Crippen LogP contribution in [0.1, 0.15) is 18.1 Å². The van der Waals surface area contributed by atoms with Gasteiger partial charge in [-0.15, -0.1) is 0 Å². The van der Waals surface area contributed by atoms with Crippen molar-refractivity contribution in [1.29, 1.82) is 0 Å². The molecule has 1 N–H and O–H groups in total. The number of carbonyl (C=O) groups is 1. The predicted octanol–water partition coefficient (Wildman–Crippen LogP) is 4.57. The van der Waals surface area contributed by atoms with E-state index >= 15 is 0 Å². The number of ether oxygens (including phenoxy) is 1. The average Bonchev–Trinajstić information content (AvgIpc) is 2.58. The maximum absolute atomic E-state index is 12.0. The molecule has 0 saturated heterocycles. The van der Waals surface area contributed by atoms with Crippen molar-refractivity contribution in [3.8, 4) is 5.75 Å². The van der Waals surface area contributed by atoms with Gasteiger partial charge in [0.1, 0.15) is 5.75 Å². The molecule has 0 aliphatic heterocycles. The summed E-state index contributed by atoms with van der Waals surface area (Å²) in [5, 5.41) is 2.92. The Hall–Kier alpha value is -1.46. The van der Waals surface area contributed by atoms with Gasteiger partial charge in [0.15, 0.2) is 6.10 Å². The fraction of sp³-hybridized carbons (Fsp3) is 0.316. The standard InChI is InChI=1S/C19H22BrNO2S/c1-14-5-3-4-6-16(14)13-24-12-11-21-19(22)15(2)23-18-9-7-17(20)8-10-18/h3-10,15H,11-13H2,1-2H3,(H,21,22)/t15-/m1/s1. The zero-order valence-corrected chi connectivity index (χ0v) is 16.3. The average molecular weight is 408 g/mol. The van der Waals surface area contributed by atoms with Crippen LogP contribution in [0.15, 0.2) is 53.0 Å². The van der Waals surface area contributed by atoms with Crippen molar-refractivity contribution in [1.82, 2.24) is 5.32 Å². The topological polar surface area (TPSA) is 38.3 Å². The smallest absolute Gasteiger partial charge is 0.260 e. The van der Waals surface area contributed by atoms with E-state index in [9.17, 15) is 4.79 Å². The second kappa shape index (κ2) is 9.74. The number of hydrogen-bond donors (Lipinski definition) is 1. The number of nitrogens with one attached hydrogen (secondary N) is 1. The monoisotopic (exact) mass is 407 g/mol. The first-order chi connectivity index (χ1) is 11.6. The Balaban J connectivity index is 1.65. The number of amides is 1. The van der Waals surface area contributed by atoms with Gasteiger partial charge in [-0.3, -0.25) is 4.79 Å². The molecule has 0 fully saturated rings. The van der Waals surface area contributed by atoms with Gasteiger partial charge in [0.2, 0.25) is 0 Å². The van der Waals surface area contributed by atoms with Gasteiger partial charge in [-0.2, -0.15) is 11.8 Å². The molecule has 0 spiro atoms. The van der Waals surface area contributed by atoms with Gasteiger partial charge < -0.3 is 10.1 Å². The Morgan fingerprint density at radius 2 is 1.92 bits per heavy atom. The SMILES string of the molecule is Cc1ccccc1CSCCNC(=O)[C@@H](C)Oc1ccc(Br)cc1. The first-order valence-corrected chi connectivity index (χ1v) is 9.83. The van der Waals surface area contributed by atoms with Crippen molar-refractivity contribution in [2.24, 2.45) is 0 Å². The lowest BCUT2D eigenvalue weighted by atomic mass is 10.1. The van der Waals surface area contributed by atoms with Crippen LogP contribution in [0.4, 0.5) is 0 Å². The highest BCUT2D eigenvalue weighted by molar-refractivity contribution is 9.10. The van der Waals surface area contributed by atoms with E-state index in [2.05, 4.69) is 52.4 Å². The van der Waals surface area contributed by atoms with Gasteiger partial charge in [-0.25, -0.2) is 0 Å². The zero-order chi connectivity index (χ0) is 17.4. The molecule has 3 nitrogen and oxygen atoms in total. The van der Waals surface area contributed by atoms with Crippen LogP contribution in [-0.2, 0) is 10.5 Å². The number of hydrogen-bond acceptors (Lipinski definition) is 3. The number of halogens is 1. The van der Waals surface area contributed by atoms with Crippen LogP contribution in [0.2, 0.25) is 0 Å². The lowest BCUT2D eigenvalue weighted by Gasteiger charge is -2.14. The van der Waals surface area contributed by atoms with Crippen molar-refractivity contribution in [3.05, 3.63) is 64.1 Å². The minimum atomic E-state index is -0.507. The molecular weight excluding hydrogens is 386 g/mol. The number of aryl methyl sites for hydroxylation is 1. The van der Waals surface area contributed by atoms with Crippen LogP contribution in [0, 0.1) is 6.92 Å². The fourth-order valence-electron chi connectivity index (χ4n) is 2.12. The molecule has 24 heavy (non-hydrogen) atoms. The number of benzene rings is 2. The summed E-state index contributed by atoms with van der Waals surface area (Å²) in [7, 11) is 0. The Morgan fingerprint density at radius 3 is 2.62 bits per heavy atom. The van der Waals surface area contributed by atoms with Crippen molar-refractivity contribution >= 4 is 33.6 Å². The Bertz CT molecular complexity index is 661. The molecule has 0 aliphatic rings. The third kappa shape index (κ3) is 6.21. The summed E-state index contributed by atoms with van der Waals surface area (Å²) in [5.41, 5.74) is 2.66. The molecule has 1 amide bonds. The van der Waals surface area contributed by atoms with Crippen LogP contribution in [-0.4, -0.2) is 24.3 Å². The molecule has 1 atom stereocenters. The molecule has 2 aromatic rings. The van der Waals surface area contributed by atoms with E-state index in [1.807, 2.05) is 36.0 Å². The van der Waals surface area contributed by atoms with E-state index in [0.717, 1.165) is 16.0 Å². The number of carbonyl (C=O) groups excluding carboxylic acids is 1. The van der Waals surface area contributed by atoms with Crippen molar-refractivity contribution in [3.63, 3.8) is 0 Å². The minimum absolute atomic E-state index is 0.0885. The van der Waals surface area contributed by atoms with Gasteiger partial charge in [0.05, 0.1) is 0 Å². The van der Waals surface area contributed by atoms with Crippen LogP contribution in [0.5, 0.6) is 5.75 Å². The minimum Gasteiger partial charge on any atom is -0.481 e. The maximum Gasteiger partial charge on any atom is 0.260 e. The molecule has 0 unspecified atom stereocenters. The molecule has 0 saturated carbocycles. The molecular formula is C19H22BrNO2S. The molecule has 0 aromatic heterocycles. The largest absolute Gasteiger partial charge is 0.481 e. The molecule has 0 bridgehead atoms. The molecule has 5 heteroatoms. The summed E-state index contributed by atoms with van der Waals surface area (Å²) >= 11 is 5.19. The summed E-state index contributed by atoms with van der Waals surface area (Å²) in [5.74, 6) is 2.45. The molecule has 0 radical (unpaired) electrons. The highest BCUT2D eigenvalue weighted by Crippen LogP contribution is 2.17. The van der Waals surface area contributed by atoms with Crippen LogP contribution < -0.4 is 10.1 Å². The molecule has 2 aromatic carbocycles. The van der Waals surface area contributed by atoms with Crippen molar-refractivity contribution in [2.75, 3.05) is 12.3 Å². The highest BCUT2D eigenvalue weighted by Gasteiger charge is 2.13. The quantitative estimate of drug-likeness (QED) is 0.650. The van der Waals surface area contributed by atoms with E-state index in [1.54, 1.807) is 6.92 Å². The van der Waals surface area contributed by atoms with Gasteiger partial charge in [-0.05, 0) is 49.2 Å². The summed E-state index contributed by atoms with van der Waals surface area (Å²) in [6.45, 7) is 4.53. The van der Waals surface area contributed by atoms with Crippen LogP contribution in [0.3, 0.4) is 0 Å². The Kier molecular flexibility index (Phi) is 7.66. The van der Waals surface area contributed by atoms with E-state index < -0.39 is 6.10 Å². The number of rotatable bonds is 8. The second-order valence-corrected chi connectivity index (χ2v) is 7.50. The van der Waals surface area contributed by atoms with Gasteiger partial charge >= 0.3 is 0 Å². The van der Waals surface area contributed by atoms with Gasteiger partial charge in [0, 0.05) is 22.5 Å². The zero-order valence-electron chi connectivity index (χ0n) is 13.9. The normalized spacial score (nSPS) is 11.8. The first-order valence-electron chi connectivity index (χ1n) is 7.88. The van der Waals surface area contributed by atoms with Gasteiger partial charge in [-0.1, -0.05) is 40.2 Å². The highest BCUT2D eigenvalue weighted by atomic mass is 79.9. The maximum atomic E-state index is 12.0. The van der Waals surface area contributed by atoms with E-state index in [4.69, 9.17) is 4.74 Å². The third-order valence-electron chi connectivity index (χ3n) is 3.56. The predicted molar refractivity (Wildman–Crippen MR) is 105 cm³/mol. The van der Waals surface area contributed by atoms with Crippen LogP contribution >= 0.6 is 27.7 Å². The van der Waals surface area contributed by atoms with Crippen LogP contribution in [0.25, 0.3) is 0 Å². The third-order valence-corrected chi connectivity index (χ3v) is 5.10. The lowest BCUT2D eigenvalue weighted by Crippen LogP contribution is -2.37. The molecule has 0 heterocycles. The van der Waals surface area contributed by atoms with Crippen molar-refractivity contribution < 1.29 is 9.53 Å². The summed E-state index contributed by atoms with van der Waals surface area (Å²) < 4.78 is 6.62. The van der Waals surface area contributed by atoms with E-state index in [1.165, 1.54) is 11.1 Å². The summed E-state index contributed by atoms with van der Waals surface area (Å²) in [6.07, 6.45) is -0.507.